The number of hydrogen-bond acceptors (Lipinski definition) is 6. The topological polar surface area (TPSA) is 77.7 Å². The molecular formula is C17H17BrN4O2S2. The third-order valence-electron chi connectivity index (χ3n) is 3.93. The SMILES string of the molecule is Cc1ccc(-n2nnnc2SCCS(=O)(=O)c2ccc(Br)cc2)cc1C. The number of benzene rings is 2. The van der Waals surface area contributed by atoms with Crippen LogP contribution in [-0.4, -0.2) is 40.1 Å². The number of halogens is 1. The van der Waals surface area contributed by atoms with E-state index in [1.54, 1.807) is 28.9 Å². The molecule has 0 aliphatic rings. The van der Waals surface area contributed by atoms with Crippen molar-refractivity contribution in [1.82, 2.24) is 20.2 Å². The minimum atomic E-state index is -3.34. The molecule has 26 heavy (non-hydrogen) atoms. The van der Waals surface area contributed by atoms with E-state index >= 15 is 0 Å². The molecule has 0 unspecified atom stereocenters. The predicted molar refractivity (Wildman–Crippen MR) is 106 cm³/mol. The van der Waals surface area contributed by atoms with Gasteiger partial charge in [0.1, 0.15) is 0 Å². The first-order chi connectivity index (χ1) is 12.4. The van der Waals surface area contributed by atoms with E-state index < -0.39 is 9.84 Å². The van der Waals surface area contributed by atoms with Crippen LogP contribution in [0.2, 0.25) is 0 Å². The average Bonchev–Trinajstić information content (AvgIpc) is 3.06. The minimum Gasteiger partial charge on any atom is -0.224 e. The Bertz CT molecular complexity index is 1020. The molecule has 0 atom stereocenters. The fourth-order valence-corrected chi connectivity index (χ4v) is 5.09. The van der Waals surface area contributed by atoms with Crippen LogP contribution < -0.4 is 0 Å². The lowest BCUT2D eigenvalue weighted by molar-refractivity contribution is 0.597. The fraction of sp³-hybridized carbons (Fsp3) is 0.235. The number of rotatable bonds is 6. The molecule has 0 aliphatic heterocycles. The van der Waals surface area contributed by atoms with Crippen molar-refractivity contribution in [3.8, 4) is 5.69 Å². The largest absolute Gasteiger partial charge is 0.224 e. The molecule has 3 rings (SSSR count). The molecule has 136 valence electrons. The Morgan fingerprint density at radius 2 is 1.81 bits per heavy atom. The van der Waals surface area contributed by atoms with E-state index in [-0.39, 0.29) is 5.75 Å². The van der Waals surface area contributed by atoms with Gasteiger partial charge in [-0.05, 0) is 71.8 Å². The highest BCUT2D eigenvalue weighted by atomic mass is 79.9. The second kappa shape index (κ2) is 7.89. The first-order valence-corrected chi connectivity index (χ1v) is 11.3. The summed E-state index contributed by atoms with van der Waals surface area (Å²) in [5.74, 6) is 0.378. The van der Waals surface area contributed by atoms with Gasteiger partial charge in [0.05, 0.1) is 16.3 Å². The normalized spacial score (nSPS) is 11.7. The highest BCUT2D eigenvalue weighted by Crippen LogP contribution is 2.22. The third-order valence-corrected chi connectivity index (χ3v) is 7.37. The number of sulfone groups is 1. The van der Waals surface area contributed by atoms with Gasteiger partial charge in [-0.25, -0.2) is 8.42 Å². The maximum Gasteiger partial charge on any atom is 0.214 e. The van der Waals surface area contributed by atoms with Gasteiger partial charge in [-0.15, -0.1) is 5.10 Å². The summed E-state index contributed by atoms with van der Waals surface area (Å²) in [5.41, 5.74) is 3.19. The molecule has 0 spiro atoms. The molecule has 0 bridgehead atoms. The first-order valence-electron chi connectivity index (χ1n) is 7.84. The van der Waals surface area contributed by atoms with Crippen LogP contribution in [0, 0.1) is 13.8 Å². The number of aryl methyl sites for hydroxylation is 2. The van der Waals surface area contributed by atoms with Gasteiger partial charge in [-0.3, -0.25) is 0 Å². The molecule has 3 aromatic rings. The van der Waals surface area contributed by atoms with Gasteiger partial charge in [-0.2, -0.15) is 4.68 Å². The Morgan fingerprint density at radius 1 is 1.08 bits per heavy atom. The number of aromatic nitrogens is 4. The second-order valence-electron chi connectivity index (χ2n) is 5.76. The van der Waals surface area contributed by atoms with Crippen molar-refractivity contribution in [1.29, 1.82) is 0 Å². The van der Waals surface area contributed by atoms with E-state index in [0.717, 1.165) is 15.7 Å². The monoisotopic (exact) mass is 452 g/mol. The fourth-order valence-electron chi connectivity index (χ4n) is 2.29. The molecule has 6 nitrogen and oxygen atoms in total. The summed E-state index contributed by atoms with van der Waals surface area (Å²) in [6.45, 7) is 4.07. The van der Waals surface area contributed by atoms with Crippen LogP contribution in [0.25, 0.3) is 5.69 Å². The van der Waals surface area contributed by atoms with Crippen LogP contribution in [-0.2, 0) is 9.84 Å². The summed E-state index contributed by atoms with van der Waals surface area (Å²) in [6.07, 6.45) is 0. The summed E-state index contributed by atoms with van der Waals surface area (Å²) in [4.78, 5) is 0.315. The Balaban J connectivity index is 1.70. The Labute approximate surface area is 165 Å². The van der Waals surface area contributed by atoms with Crippen molar-refractivity contribution in [3.05, 3.63) is 58.1 Å². The molecule has 0 radical (unpaired) electrons. The number of hydrogen-bond donors (Lipinski definition) is 0. The molecule has 0 fully saturated rings. The highest BCUT2D eigenvalue weighted by Gasteiger charge is 2.16. The zero-order chi connectivity index (χ0) is 18.7. The average molecular weight is 453 g/mol. The van der Waals surface area contributed by atoms with Crippen molar-refractivity contribution < 1.29 is 8.42 Å². The summed E-state index contributed by atoms with van der Waals surface area (Å²) < 4.78 is 27.3. The number of thioether (sulfide) groups is 1. The van der Waals surface area contributed by atoms with Crippen molar-refractivity contribution in [2.45, 2.75) is 23.9 Å². The van der Waals surface area contributed by atoms with Crippen molar-refractivity contribution in [2.75, 3.05) is 11.5 Å². The van der Waals surface area contributed by atoms with E-state index in [1.165, 1.54) is 17.3 Å². The predicted octanol–water partition coefficient (Wildman–Crippen LogP) is 3.61. The molecule has 0 saturated heterocycles. The highest BCUT2D eigenvalue weighted by molar-refractivity contribution is 9.10. The Morgan fingerprint density at radius 3 is 2.50 bits per heavy atom. The molecule has 2 aromatic carbocycles. The zero-order valence-electron chi connectivity index (χ0n) is 14.3. The van der Waals surface area contributed by atoms with Gasteiger partial charge >= 0.3 is 0 Å². The van der Waals surface area contributed by atoms with Gasteiger partial charge in [-0.1, -0.05) is 33.8 Å². The van der Waals surface area contributed by atoms with E-state index in [9.17, 15) is 8.42 Å². The van der Waals surface area contributed by atoms with Crippen molar-refractivity contribution in [2.24, 2.45) is 0 Å². The maximum atomic E-state index is 12.4. The van der Waals surface area contributed by atoms with Gasteiger partial charge < -0.3 is 0 Å². The summed E-state index contributed by atoms with van der Waals surface area (Å²) >= 11 is 4.63. The van der Waals surface area contributed by atoms with Crippen LogP contribution in [0.3, 0.4) is 0 Å². The second-order valence-corrected chi connectivity index (χ2v) is 9.85. The van der Waals surface area contributed by atoms with E-state index in [0.29, 0.717) is 15.8 Å². The van der Waals surface area contributed by atoms with Gasteiger partial charge in [0.25, 0.3) is 0 Å². The molecule has 1 aromatic heterocycles. The Kier molecular flexibility index (Phi) is 5.79. The van der Waals surface area contributed by atoms with E-state index in [2.05, 4.69) is 31.5 Å². The molecule has 1 heterocycles. The van der Waals surface area contributed by atoms with Gasteiger partial charge in [0.15, 0.2) is 9.84 Å². The molecule has 0 aliphatic carbocycles. The molecule has 9 heteroatoms. The molecular weight excluding hydrogens is 436 g/mol. The van der Waals surface area contributed by atoms with Gasteiger partial charge in [0, 0.05) is 10.2 Å². The summed E-state index contributed by atoms with van der Waals surface area (Å²) in [6, 6.07) is 12.6. The lowest BCUT2D eigenvalue weighted by atomic mass is 10.1. The first kappa shape index (κ1) is 19.1. The van der Waals surface area contributed by atoms with E-state index in [4.69, 9.17) is 0 Å². The van der Waals surface area contributed by atoms with Crippen LogP contribution >= 0.6 is 27.7 Å². The number of tetrazole rings is 1. The summed E-state index contributed by atoms with van der Waals surface area (Å²) in [7, 11) is -3.34. The van der Waals surface area contributed by atoms with Crippen molar-refractivity contribution in [3.63, 3.8) is 0 Å². The van der Waals surface area contributed by atoms with Crippen LogP contribution in [0.15, 0.2) is 57.0 Å². The molecule has 0 saturated carbocycles. The lowest BCUT2D eigenvalue weighted by Crippen LogP contribution is -2.09. The van der Waals surface area contributed by atoms with E-state index in [1.807, 2.05) is 32.0 Å². The smallest absolute Gasteiger partial charge is 0.214 e. The van der Waals surface area contributed by atoms with Gasteiger partial charge in [0.2, 0.25) is 5.16 Å². The van der Waals surface area contributed by atoms with Crippen molar-refractivity contribution >= 4 is 37.5 Å². The number of nitrogens with zero attached hydrogens (tertiary/aromatic N) is 4. The van der Waals surface area contributed by atoms with Crippen LogP contribution in [0.5, 0.6) is 0 Å². The third kappa shape index (κ3) is 4.33. The molecule has 0 amide bonds. The standard InChI is InChI=1S/C17H17BrN4O2S2/c1-12-3-6-15(11-13(12)2)22-17(19-20-21-22)25-9-10-26(23,24)16-7-4-14(18)5-8-16/h3-8,11H,9-10H2,1-2H3. The quantitative estimate of drug-likeness (QED) is 0.531. The molecule has 0 N–H and O–H groups in total. The minimum absolute atomic E-state index is 0.0130. The van der Waals surface area contributed by atoms with Crippen LogP contribution in [0.4, 0.5) is 0 Å². The zero-order valence-corrected chi connectivity index (χ0v) is 17.5. The van der Waals surface area contributed by atoms with Crippen LogP contribution in [0.1, 0.15) is 11.1 Å². The summed E-state index contributed by atoms with van der Waals surface area (Å²) in [5, 5.41) is 12.3. The maximum absolute atomic E-state index is 12.4. The Hall–Kier alpha value is -1.71. The lowest BCUT2D eigenvalue weighted by Gasteiger charge is -2.07.